The second kappa shape index (κ2) is 10.2. The van der Waals surface area contributed by atoms with Gasteiger partial charge in [0.05, 0.1) is 21.7 Å². The molecule has 1 aliphatic heterocycles. The number of likely N-dealkylation sites (tertiary alicyclic amines) is 1. The summed E-state index contributed by atoms with van der Waals surface area (Å²) in [6.45, 7) is 2.69. The summed E-state index contributed by atoms with van der Waals surface area (Å²) in [7, 11) is 1.99. The van der Waals surface area contributed by atoms with E-state index in [0.717, 1.165) is 59.5 Å². The largest absolute Gasteiger partial charge is 0.339 e. The molecular weight excluding hydrogens is 413 g/mol. The van der Waals surface area contributed by atoms with Crippen molar-refractivity contribution in [3.63, 3.8) is 0 Å². The van der Waals surface area contributed by atoms with Crippen molar-refractivity contribution in [1.82, 2.24) is 15.2 Å². The number of amides is 1. The van der Waals surface area contributed by atoms with Crippen LogP contribution in [0.1, 0.15) is 23.2 Å². The molecule has 1 fully saturated rings. The molecule has 0 bridgehead atoms. The van der Waals surface area contributed by atoms with Gasteiger partial charge in [0.1, 0.15) is 0 Å². The Hall–Kier alpha value is -1.66. The van der Waals surface area contributed by atoms with Crippen molar-refractivity contribution in [2.24, 2.45) is 5.92 Å². The van der Waals surface area contributed by atoms with E-state index in [9.17, 15) is 4.79 Å². The lowest BCUT2D eigenvalue weighted by molar-refractivity contribution is 0.0693. The average molecular weight is 438 g/mol. The fourth-order valence-electron chi connectivity index (χ4n) is 3.70. The van der Waals surface area contributed by atoms with Gasteiger partial charge in [0, 0.05) is 18.5 Å². The Kier molecular flexibility index (Phi) is 8.25. The van der Waals surface area contributed by atoms with E-state index in [2.05, 4.69) is 11.4 Å². The van der Waals surface area contributed by atoms with Crippen molar-refractivity contribution in [1.29, 1.82) is 0 Å². The van der Waals surface area contributed by atoms with Gasteiger partial charge in [0.2, 0.25) is 0 Å². The van der Waals surface area contributed by atoms with Gasteiger partial charge in [0.15, 0.2) is 0 Å². The standard InChI is InChI=1S/C21H23N3OS.2ClH/c1-22-14-15-8-10-24(11-9-15)21(25)17-13-19(20-7-4-12-26-20)23-18-6-3-2-5-16(17)18;;/h2-7,12-13,15,22H,8-11,14H2,1H3;2*1H. The molecule has 0 saturated carbocycles. The lowest BCUT2D eigenvalue weighted by Gasteiger charge is -2.32. The van der Waals surface area contributed by atoms with Crippen LogP contribution < -0.4 is 5.32 Å². The molecule has 1 amide bonds. The Morgan fingerprint density at radius 1 is 1.18 bits per heavy atom. The van der Waals surface area contributed by atoms with Crippen molar-refractivity contribution in [3.8, 4) is 10.6 Å². The Morgan fingerprint density at radius 2 is 1.93 bits per heavy atom. The van der Waals surface area contributed by atoms with Crippen molar-refractivity contribution < 1.29 is 4.79 Å². The lowest BCUT2D eigenvalue weighted by Crippen LogP contribution is -2.40. The number of nitrogens with one attached hydrogen (secondary N) is 1. The number of rotatable bonds is 4. The minimum absolute atomic E-state index is 0. The molecule has 0 spiro atoms. The number of carbonyl (C=O) groups is 1. The van der Waals surface area contributed by atoms with E-state index in [1.807, 2.05) is 53.7 Å². The first-order valence-corrected chi connectivity index (χ1v) is 10.0. The molecule has 3 aromatic rings. The van der Waals surface area contributed by atoms with Gasteiger partial charge in [-0.25, -0.2) is 4.98 Å². The van der Waals surface area contributed by atoms with Gasteiger partial charge in [-0.1, -0.05) is 24.3 Å². The zero-order valence-corrected chi connectivity index (χ0v) is 18.2. The van der Waals surface area contributed by atoms with Crippen LogP contribution in [0.5, 0.6) is 0 Å². The number of piperidine rings is 1. The van der Waals surface area contributed by atoms with Gasteiger partial charge >= 0.3 is 0 Å². The van der Waals surface area contributed by atoms with Gasteiger partial charge < -0.3 is 10.2 Å². The third kappa shape index (κ3) is 4.66. The molecule has 4 rings (SSSR count). The molecular formula is C21H25Cl2N3OS. The maximum atomic E-state index is 13.3. The van der Waals surface area contributed by atoms with Gasteiger partial charge in [-0.3, -0.25) is 4.79 Å². The molecule has 0 unspecified atom stereocenters. The number of hydrogen-bond acceptors (Lipinski definition) is 4. The zero-order chi connectivity index (χ0) is 17.9. The Balaban J connectivity index is 0.00000140. The summed E-state index contributed by atoms with van der Waals surface area (Å²) in [5, 5.41) is 6.23. The third-order valence-electron chi connectivity index (χ3n) is 5.11. The maximum absolute atomic E-state index is 13.3. The van der Waals surface area contributed by atoms with E-state index >= 15 is 0 Å². The van der Waals surface area contributed by atoms with Crippen LogP contribution in [0.15, 0.2) is 47.8 Å². The first-order valence-electron chi connectivity index (χ1n) is 9.14. The number of pyridine rings is 1. The molecule has 150 valence electrons. The number of para-hydroxylation sites is 1. The molecule has 1 aliphatic rings. The van der Waals surface area contributed by atoms with E-state index in [4.69, 9.17) is 4.98 Å². The first-order chi connectivity index (χ1) is 12.8. The summed E-state index contributed by atoms with van der Waals surface area (Å²) >= 11 is 1.65. The monoisotopic (exact) mass is 437 g/mol. The Labute approximate surface area is 182 Å². The number of nitrogens with zero attached hydrogens (tertiary/aromatic N) is 2. The molecule has 2 aromatic heterocycles. The van der Waals surface area contributed by atoms with E-state index in [0.29, 0.717) is 5.92 Å². The summed E-state index contributed by atoms with van der Waals surface area (Å²) in [6, 6.07) is 14.0. The summed E-state index contributed by atoms with van der Waals surface area (Å²) in [5.41, 5.74) is 2.53. The topological polar surface area (TPSA) is 45.2 Å². The van der Waals surface area contributed by atoms with Crippen LogP contribution >= 0.6 is 36.2 Å². The van der Waals surface area contributed by atoms with Gasteiger partial charge in [0.25, 0.3) is 5.91 Å². The van der Waals surface area contributed by atoms with Crippen LogP contribution in [0, 0.1) is 5.92 Å². The molecule has 28 heavy (non-hydrogen) atoms. The highest BCUT2D eigenvalue weighted by Crippen LogP contribution is 2.29. The normalized spacial score (nSPS) is 14.4. The number of hydrogen-bond donors (Lipinski definition) is 1. The van der Waals surface area contributed by atoms with Crippen molar-refractivity contribution >= 4 is 53.0 Å². The lowest BCUT2D eigenvalue weighted by atomic mass is 9.96. The van der Waals surface area contributed by atoms with Crippen molar-refractivity contribution in [2.75, 3.05) is 26.7 Å². The number of aromatic nitrogens is 1. The van der Waals surface area contributed by atoms with Crippen LogP contribution in [0.3, 0.4) is 0 Å². The number of thiophene rings is 1. The summed E-state index contributed by atoms with van der Waals surface area (Å²) in [5.74, 6) is 0.796. The highest BCUT2D eigenvalue weighted by molar-refractivity contribution is 7.13. The van der Waals surface area contributed by atoms with Gasteiger partial charge in [-0.15, -0.1) is 36.2 Å². The second-order valence-corrected chi connectivity index (χ2v) is 7.79. The number of carbonyl (C=O) groups excluding carboxylic acids is 1. The predicted octanol–water partition coefficient (Wildman–Crippen LogP) is 4.88. The fraction of sp³-hybridized carbons (Fsp3) is 0.333. The molecule has 1 N–H and O–H groups in total. The molecule has 7 heteroatoms. The Bertz CT molecular complexity index is 909. The first kappa shape index (κ1) is 22.6. The molecule has 1 aromatic carbocycles. The van der Waals surface area contributed by atoms with E-state index in [1.54, 1.807) is 11.3 Å². The average Bonchev–Trinajstić information content (AvgIpc) is 3.22. The molecule has 4 nitrogen and oxygen atoms in total. The highest BCUT2D eigenvalue weighted by Gasteiger charge is 2.25. The zero-order valence-electron chi connectivity index (χ0n) is 15.8. The van der Waals surface area contributed by atoms with E-state index in [-0.39, 0.29) is 30.7 Å². The van der Waals surface area contributed by atoms with Crippen LogP contribution in [-0.4, -0.2) is 42.5 Å². The van der Waals surface area contributed by atoms with Crippen molar-refractivity contribution in [3.05, 3.63) is 53.4 Å². The summed E-state index contributed by atoms with van der Waals surface area (Å²) in [6.07, 6.45) is 2.13. The van der Waals surface area contributed by atoms with Crippen LogP contribution in [-0.2, 0) is 0 Å². The fourth-order valence-corrected chi connectivity index (χ4v) is 4.39. The van der Waals surface area contributed by atoms with E-state index in [1.165, 1.54) is 0 Å². The minimum Gasteiger partial charge on any atom is -0.339 e. The molecule has 3 heterocycles. The molecule has 0 aliphatic carbocycles. The predicted molar refractivity (Wildman–Crippen MR) is 122 cm³/mol. The quantitative estimate of drug-likeness (QED) is 0.632. The van der Waals surface area contributed by atoms with E-state index < -0.39 is 0 Å². The smallest absolute Gasteiger partial charge is 0.254 e. The van der Waals surface area contributed by atoms with Crippen LogP contribution in [0.4, 0.5) is 0 Å². The SMILES string of the molecule is CNCC1CCN(C(=O)c2cc(-c3cccs3)nc3ccccc23)CC1.Cl.Cl. The van der Waals surface area contributed by atoms with Crippen molar-refractivity contribution in [2.45, 2.75) is 12.8 Å². The number of halogens is 2. The third-order valence-corrected chi connectivity index (χ3v) is 6.01. The number of fused-ring (bicyclic) bond motifs is 1. The maximum Gasteiger partial charge on any atom is 0.254 e. The second-order valence-electron chi connectivity index (χ2n) is 6.84. The highest BCUT2D eigenvalue weighted by atomic mass is 35.5. The molecule has 1 saturated heterocycles. The van der Waals surface area contributed by atoms with Crippen LogP contribution in [0.25, 0.3) is 21.5 Å². The van der Waals surface area contributed by atoms with Crippen LogP contribution in [0.2, 0.25) is 0 Å². The summed E-state index contributed by atoms with van der Waals surface area (Å²) in [4.78, 5) is 21.2. The molecule has 0 atom stereocenters. The minimum atomic E-state index is 0. The Morgan fingerprint density at radius 3 is 2.61 bits per heavy atom. The number of benzene rings is 1. The molecule has 0 radical (unpaired) electrons. The van der Waals surface area contributed by atoms with Gasteiger partial charge in [-0.05, 0) is 55.9 Å². The summed E-state index contributed by atoms with van der Waals surface area (Å²) < 4.78 is 0. The van der Waals surface area contributed by atoms with Gasteiger partial charge in [-0.2, -0.15) is 0 Å².